The van der Waals surface area contributed by atoms with Crippen molar-refractivity contribution in [3.05, 3.63) is 24.3 Å². The Morgan fingerprint density at radius 1 is 1.23 bits per heavy atom. The van der Waals surface area contributed by atoms with Crippen LogP contribution in [0.2, 0.25) is 0 Å². The zero-order valence-corrected chi connectivity index (χ0v) is 18.2. The molecule has 3 rings (SSSR count). The van der Waals surface area contributed by atoms with E-state index in [1.54, 1.807) is 5.48 Å². The summed E-state index contributed by atoms with van der Waals surface area (Å²) < 4.78 is 37.4. The minimum Gasteiger partial charge on any atom is -0.494 e. The highest BCUT2D eigenvalue weighted by molar-refractivity contribution is 7.91. The summed E-state index contributed by atoms with van der Waals surface area (Å²) in [6, 6.07) is 7.81. The zero-order valence-electron chi connectivity index (χ0n) is 17.4. The Kier molecular flexibility index (Phi) is 7.56. The maximum atomic E-state index is 13.4. The number of hydroxylamine groups is 1. The van der Waals surface area contributed by atoms with E-state index in [4.69, 9.17) is 14.7 Å². The van der Waals surface area contributed by atoms with Crippen molar-refractivity contribution in [2.75, 3.05) is 50.9 Å². The van der Waals surface area contributed by atoms with Crippen LogP contribution in [0, 0.1) is 0 Å². The summed E-state index contributed by atoms with van der Waals surface area (Å²) in [5, 5.41) is 9.16. The molecule has 2 aliphatic rings. The third kappa shape index (κ3) is 4.56. The van der Waals surface area contributed by atoms with Gasteiger partial charge in [-0.3, -0.25) is 10.0 Å². The van der Waals surface area contributed by atoms with Crippen LogP contribution in [-0.4, -0.2) is 74.6 Å². The van der Waals surface area contributed by atoms with Gasteiger partial charge in [-0.1, -0.05) is 19.4 Å². The number of amides is 1. The van der Waals surface area contributed by atoms with Gasteiger partial charge in [-0.05, 0) is 18.6 Å². The molecule has 2 saturated heterocycles. The van der Waals surface area contributed by atoms with Crippen LogP contribution >= 0.6 is 0 Å². The molecule has 2 aliphatic heterocycles. The number of nitrogens with one attached hydrogen (secondary N) is 1. The Balaban J connectivity index is 1.68. The van der Waals surface area contributed by atoms with Gasteiger partial charge in [0.2, 0.25) is 10.0 Å². The molecule has 1 aromatic rings. The summed E-state index contributed by atoms with van der Waals surface area (Å²) in [6.45, 7) is 4.66. The monoisotopic (exact) mass is 441 g/mol. The molecule has 0 aliphatic carbocycles. The van der Waals surface area contributed by atoms with Crippen molar-refractivity contribution in [2.24, 2.45) is 0 Å². The van der Waals surface area contributed by atoms with Crippen LogP contribution in [0.1, 0.15) is 32.6 Å². The quantitative estimate of drug-likeness (QED) is 0.356. The van der Waals surface area contributed by atoms with Gasteiger partial charge in [0, 0.05) is 64.0 Å². The molecule has 1 amide bonds. The van der Waals surface area contributed by atoms with Crippen LogP contribution < -0.4 is 15.1 Å². The third-order valence-corrected chi connectivity index (χ3v) is 8.46. The molecule has 0 atom stereocenters. The second-order valence-electron chi connectivity index (χ2n) is 7.64. The molecule has 2 fully saturated rings. The van der Waals surface area contributed by atoms with E-state index in [9.17, 15) is 13.2 Å². The first kappa shape index (κ1) is 22.8. The van der Waals surface area contributed by atoms with E-state index in [0.29, 0.717) is 19.7 Å². The van der Waals surface area contributed by atoms with Crippen LogP contribution in [0.3, 0.4) is 0 Å². The normalized spacial score (nSPS) is 20.0. The van der Waals surface area contributed by atoms with E-state index in [0.717, 1.165) is 24.3 Å². The number of nitrogens with zero attached hydrogens (tertiary/aromatic N) is 2. The maximum Gasteiger partial charge on any atom is 0.266 e. The molecule has 0 saturated carbocycles. The Morgan fingerprint density at radius 3 is 2.57 bits per heavy atom. The van der Waals surface area contributed by atoms with Crippen LogP contribution in [-0.2, 0) is 19.6 Å². The molecule has 0 unspecified atom stereocenters. The van der Waals surface area contributed by atoms with Gasteiger partial charge in [-0.2, -0.15) is 4.31 Å². The second-order valence-corrected chi connectivity index (χ2v) is 9.89. The number of carbonyl (C=O) groups excluding carboxylic acids is 1. The van der Waals surface area contributed by atoms with Crippen LogP contribution in [0.25, 0.3) is 0 Å². The smallest absolute Gasteiger partial charge is 0.266 e. The molecule has 0 bridgehead atoms. The van der Waals surface area contributed by atoms with Crippen LogP contribution in [0.15, 0.2) is 24.3 Å². The van der Waals surface area contributed by atoms with Gasteiger partial charge < -0.3 is 14.4 Å². The number of sulfonamides is 1. The molecular formula is C20H31N3O6S. The minimum atomic E-state index is -3.96. The molecule has 0 spiro atoms. The first-order valence-corrected chi connectivity index (χ1v) is 11.9. The largest absolute Gasteiger partial charge is 0.494 e. The number of rotatable bonds is 8. The van der Waals surface area contributed by atoms with E-state index in [2.05, 4.69) is 11.8 Å². The Morgan fingerprint density at radius 2 is 1.93 bits per heavy atom. The number of hydrogen-bond donors (Lipinski definition) is 2. The average molecular weight is 442 g/mol. The van der Waals surface area contributed by atoms with Crippen LogP contribution in [0.4, 0.5) is 5.69 Å². The first-order valence-electron chi connectivity index (χ1n) is 10.4. The number of ether oxygens (including phenoxy) is 2. The van der Waals surface area contributed by atoms with Gasteiger partial charge in [0.05, 0.1) is 6.61 Å². The molecule has 168 valence electrons. The standard InChI is InChI=1S/C20H31N3O6S/c1-2-3-13-29-18-6-4-5-17(16-18)22-9-11-23(12-10-22)30(26,27)20(19(24)21-25)7-14-28-15-8-20/h4-6,16,25H,2-3,7-15H2,1H3,(H,21,24). The fourth-order valence-corrected chi connectivity index (χ4v) is 6.04. The Bertz CT molecular complexity index is 818. The maximum absolute atomic E-state index is 13.4. The lowest BCUT2D eigenvalue weighted by Gasteiger charge is -2.42. The average Bonchev–Trinajstić information content (AvgIpc) is 2.79. The Hall–Kier alpha value is -1.88. The van der Waals surface area contributed by atoms with Crippen molar-refractivity contribution < 1.29 is 27.9 Å². The third-order valence-electron chi connectivity index (χ3n) is 5.84. The SMILES string of the molecule is CCCCOc1cccc(N2CCN(S(=O)(=O)C3(C(=O)NO)CCOCC3)CC2)c1. The minimum absolute atomic E-state index is 0.0269. The lowest BCUT2D eigenvalue weighted by molar-refractivity contribution is -0.134. The molecule has 9 nitrogen and oxygen atoms in total. The lowest BCUT2D eigenvalue weighted by Crippen LogP contribution is -2.62. The number of piperazine rings is 1. The van der Waals surface area contributed by atoms with Crippen molar-refractivity contribution in [1.29, 1.82) is 0 Å². The zero-order chi connectivity index (χ0) is 21.6. The first-order chi connectivity index (χ1) is 14.4. The molecule has 1 aromatic carbocycles. The number of carbonyl (C=O) groups is 1. The van der Waals surface area contributed by atoms with Crippen molar-refractivity contribution >= 4 is 21.6 Å². The number of unbranched alkanes of at least 4 members (excludes halogenated alkanes) is 1. The van der Waals surface area contributed by atoms with Crippen molar-refractivity contribution in [2.45, 2.75) is 37.4 Å². The van der Waals surface area contributed by atoms with Crippen LogP contribution in [0.5, 0.6) is 5.75 Å². The summed E-state index contributed by atoms with van der Waals surface area (Å²) in [7, 11) is -3.96. The molecule has 10 heteroatoms. The number of anilines is 1. The predicted octanol–water partition coefficient (Wildman–Crippen LogP) is 1.37. The second kappa shape index (κ2) is 9.95. The van der Waals surface area contributed by atoms with E-state index in [1.807, 2.05) is 24.3 Å². The van der Waals surface area contributed by atoms with Gasteiger partial charge in [0.25, 0.3) is 5.91 Å². The number of hydrogen-bond acceptors (Lipinski definition) is 7. The van der Waals surface area contributed by atoms with E-state index in [-0.39, 0.29) is 39.1 Å². The van der Waals surface area contributed by atoms with E-state index >= 15 is 0 Å². The molecule has 30 heavy (non-hydrogen) atoms. The summed E-state index contributed by atoms with van der Waals surface area (Å²) in [4.78, 5) is 14.5. The van der Waals surface area contributed by atoms with E-state index in [1.165, 1.54) is 4.31 Å². The predicted molar refractivity (Wildman–Crippen MR) is 112 cm³/mol. The lowest BCUT2D eigenvalue weighted by atomic mass is 9.98. The molecule has 0 aromatic heterocycles. The summed E-state index contributed by atoms with van der Waals surface area (Å²) in [5.74, 6) is -0.0815. The topological polar surface area (TPSA) is 108 Å². The van der Waals surface area contributed by atoms with E-state index < -0.39 is 20.7 Å². The highest BCUT2D eigenvalue weighted by Gasteiger charge is 2.54. The highest BCUT2D eigenvalue weighted by Crippen LogP contribution is 2.34. The summed E-state index contributed by atoms with van der Waals surface area (Å²) in [5.41, 5.74) is 2.54. The summed E-state index contributed by atoms with van der Waals surface area (Å²) in [6.07, 6.45) is 2.12. The van der Waals surface area contributed by atoms with Gasteiger partial charge in [-0.15, -0.1) is 0 Å². The van der Waals surface area contributed by atoms with Gasteiger partial charge in [0.15, 0.2) is 4.75 Å². The van der Waals surface area contributed by atoms with Gasteiger partial charge >= 0.3 is 0 Å². The van der Waals surface area contributed by atoms with Crippen molar-refractivity contribution in [3.8, 4) is 5.75 Å². The van der Waals surface area contributed by atoms with Crippen molar-refractivity contribution in [3.63, 3.8) is 0 Å². The van der Waals surface area contributed by atoms with Gasteiger partial charge in [-0.25, -0.2) is 13.9 Å². The highest BCUT2D eigenvalue weighted by atomic mass is 32.2. The fraction of sp³-hybridized carbons (Fsp3) is 0.650. The molecule has 2 heterocycles. The number of benzene rings is 1. The molecular weight excluding hydrogens is 410 g/mol. The van der Waals surface area contributed by atoms with Crippen molar-refractivity contribution in [1.82, 2.24) is 9.79 Å². The fourth-order valence-electron chi connectivity index (χ4n) is 3.94. The molecule has 0 radical (unpaired) electrons. The summed E-state index contributed by atoms with van der Waals surface area (Å²) >= 11 is 0. The Labute approximate surface area is 177 Å². The van der Waals surface area contributed by atoms with Gasteiger partial charge in [0.1, 0.15) is 5.75 Å². The molecule has 2 N–H and O–H groups in total.